The van der Waals surface area contributed by atoms with Crippen LogP contribution in [0.2, 0.25) is 0 Å². The van der Waals surface area contributed by atoms with Crippen LogP contribution in [0.25, 0.3) is 0 Å². The Balaban J connectivity index is 2.14. The van der Waals surface area contributed by atoms with E-state index in [2.05, 4.69) is 14.6 Å². The minimum Gasteiger partial charge on any atom is -0.449 e. The molecule has 1 aromatic rings. The minimum atomic E-state index is -1.30. The van der Waals surface area contributed by atoms with Crippen molar-refractivity contribution < 1.29 is 14.6 Å². The molecular weight excluding hydrogens is 196 g/mol. The number of ether oxygens (including phenoxy) is 1. The third-order valence-corrected chi connectivity index (χ3v) is 2.35. The first-order valence-corrected chi connectivity index (χ1v) is 4.87. The van der Waals surface area contributed by atoms with Crippen molar-refractivity contribution in [2.75, 3.05) is 18.0 Å². The Morgan fingerprint density at radius 3 is 2.87 bits per heavy atom. The maximum atomic E-state index is 10.3. The van der Waals surface area contributed by atoms with Gasteiger partial charge in [0.25, 0.3) is 0 Å². The van der Waals surface area contributed by atoms with Gasteiger partial charge in [0.1, 0.15) is 11.6 Å². The fourth-order valence-corrected chi connectivity index (χ4v) is 1.68. The smallest absolute Gasteiger partial charge is 0.449 e. The first kappa shape index (κ1) is 9.76. The van der Waals surface area contributed by atoms with E-state index in [1.54, 1.807) is 12.3 Å². The molecule has 1 aliphatic rings. The van der Waals surface area contributed by atoms with Gasteiger partial charge in [-0.1, -0.05) is 0 Å². The number of nitrogens with zero attached hydrogens (tertiary/aromatic N) is 2. The molecule has 1 aliphatic heterocycles. The Morgan fingerprint density at radius 1 is 1.47 bits per heavy atom. The van der Waals surface area contributed by atoms with Crippen LogP contribution in [0.1, 0.15) is 12.8 Å². The van der Waals surface area contributed by atoms with Crippen LogP contribution in [-0.2, 0) is 0 Å². The van der Waals surface area contributed by atoms with Crippen molar-refractivity contribution in [3.8, 4) is 5.75 Å². The van der Waals surface area contributed by atoms with Crippen LogP contribution in [0.4, 0.5) is 10.6 Å². The topological polar surface area (TPSA) is 62.7 Å². The van der Waals surface area contributed by atoms with Crippen molar-refractivity contribution in [3.63, 3.8) is 0 Å². The minimum absolute atomic E-state index is 0.319. The molecule has 0 unspecified atom stereocenters. The van der Waals surface area contributed by atoms with Crippen molar-refractivity contribution in [2.45, 2.75) is 12.8 Å². The SMILES string of the molecule is O=C(O)Oc1ccnc(N2CCCC2)c1. The van der Waals surface area contributed by atoms with Gasteiger partial charge < -0.3 is 14.7 Å². The summed E-state index contributed by atoms with van der Waals surface area (Å²) in [5.74, 6) is 1.10. The van der Waals surface area contributed by atoms with Crippen LogP contribution in [0, 0.1) is 0 Å². The van der Waals surface area contributed by atoms with E-state index in [0.717, 1.165) is 31.7 Å². The Morgan fingerprint density at radius 2 is 2.20 bits per heavy atom. The molecule has 2 heterocycles. The molecule has 2 rings (SSSR count). The van der Waals surface area contributed by atoms with E-state index >= 15 is 0 Å². The lowest BCUT2D eigenvalue weighted by atomic mass is 10.4. The van der Waals surface area contributed by atoms with Crippen molar-refractivity contribution >= 4 is 12.0 Å². The van der Waals surface area contributed by atoms with Gasteiger partial charge in [0, 0.05) is 25.4 Å². The molecule has 5 nitrogen and oxygen atoms in total. The zero-order valence-electron chi connectivity index (χ0n) is 8.22. The van der Waals surface area contributed by atoms with Gasteiger partial charge in [-0.2, -0.15) is 0 Å². The number of carbonyl (C=O) groups is 1. The van der Waals surface area contributed by atoms with E-state index in [1.165, 1.54) is 6.07 Å². The van der Waals surface area contributed by atoms with Gasteiger partial charge in [-0.15, -0.1) is 0 Å². The molecule has 0 atom stereocenters. The van der Waals surface area contributed by atoms with Crippen LogP contribution < -0.4 is 9.64 Å². The third kappa shape index (κ3) is 2.37. The van der Waals surface area contributed by atoms with E-state index in [4.69, 9.17) is 5.11 Å². The lowest BCUT2D eigenvalue weighted by Crippen LogP contribution is -2.18. The number of hydrogen-bond donors (Lipinski definition) is 1. The Kier molecular flexibility index (Phi) is 2.71. The predicted octanol–water partition coefficient (Wildman–Crippen LogP) is 1.74. The monoisotopic (exact) mass is 208 g/mol. The maximum Gasteiger partial charge on any atom is 0.511 e. The second-order valence-electron chi connectivity index (χ2n) is 3.41. The number of rotatable bonds is 2. The molecule has 5 heteroatoms. The Bertz CT molecular complexity index is 361. The number of pyridine rings is 1. The summed E-state index contributed by atoms with van der Waals surface area (Å²) in [6, 6.07) is 3.19. The van der Waals surface area contributed by atoms with Gasteiger partial charge in [-0.05, 0) is 18.9 Å². The highest BCUT2D eigenvalue weighted by Crippen LogP contribution is 2.21. The fraction of sp³-hybridized carbons (Fsp3) is 0.400. The fourth-order valence-electron chi connectivity index (χ4n) is 1.68. The highest BCUT2D eigenvalue weighted by molar-refractivity contribution is 5.62. The van der Waals surface area contributed by atoms with E-state index in [1.807, 2.05) is 0 Å². The molecule has 0 aliphatic carbocycles. The maximum absolute atomic E-state index is 10.3. The molecule has 0 radical (unpaired) electrons. The molecule has 80 valence electrons. The summed E-state index contributed by atoms with van der Waals surface area (Å²) < 4.78 is 4.56. The van der Waals surface area contributed by atoms with Gasteiger partial charge in [0.15, 0.2) is 0 Å². The molecule has 1 fully saturated rings. The highest BCUT2D eigenvalue weighted by atomic mass is 16.7. The Labute approximate surface area is 87.3 Å². The molecule has 0 saturated carbocycles. The standard InChI is InChI=1S/C10H12N2O3/c13-10(14)15-8-3-4-11-9(7-8)12-5-1-2-6-12/h3-4,7H,1-2,5-6H2,(H,13,14). The second-order valence-corrected chi connectivity index (χ2v) is 3.41. The van der Waals surface area contributed by atoms with Crippen LogP contribution in [0.5, 0.6) is 5.75 Å². The first-order valence-electron chi connectivity index (χ1n) is 4.87. The summed E-state index contributed by atoms with van der Waals surface area (Å²) in [5, 5.41) is 8.47. The third-order valence-electron chi connectivity index (χ3n) is 2.35. The summed E-state index contributed by atoms with van der Waals surface area (Å²) in [6.07, 6.45) is 2.58. The van der Waals surface area contributed by atoms with Crippen molar-refractivity contribution in [2.24, 2.45) is 0 Å². The lowest BCUT2D eigenvalue weighted by molar-refractivity contribution is 0.144. The molecule has 0 amide bonds. The lowest BCUT2D eigenvalue weighted by Gasteiger charge is -2.16. The average molecular weight is 208 g/mol. The van der Waals surface area contributed by atoms with Gasteiger partial charge in [0.2, 0.25) is 0 Å². The zero-order valence-corrected chi connectivity index (χ0v) is 8.22. The summed E-state index contributed by atoms with van der Waals surface area (Å²) in [7, 11) is 0. The van der Waals surface area contributed by atoms with Crippen molar-refractivity contribution in [1.82, 2.24) is 4.98 Å². The van der Waals surface area contributed by atoms with Gasteiger partial charge in [-0.25, -0.2) is 9.78 Å². The number of aromatic nitrogens is 1. The molecule has 15 heavy (non-hydrogen) atoms. The first-order chi connectivity index (χ1) is 7.25. The molecule has 1 N–H and O–H groups in total. The number of carboxylic acid groups (broad SMARTS) is 1. The summed E-state index contributed by atoms with van der Waals surface area (Å²) >= 11 is 0. The van der Waals surface area contributed by atoms with Crippen molar-refractivity contribution in [1.29, 1.82) is 0 Å². The zero-order chi connectivity index (χ0) is 10.7. The largest absolute Gasteiger partial charge is 0.511 e. The predicted molar refractivity (Wildman–Crippen MR) is 54.3 cm³/mol. The summed E-state index contributed by atoms with van der Waals surface area (Å²) in [4.78, 5) is 16.6. The van der Waals surface area contributed by atoms with Crippen LogP contribution in [-0.4, -0.2) is 29.3 Å². The van der Waals surface area contributed by atoms with Crippen molar-refractivity contribution in [3.05, 3.63) is 18.3 Å². The Hall–Kier alpha value is -1.78. The molecule has 0 bridgehead atoms. The second kappa shape index (κ2) is 4.16. The molecular formula is C10H12N2O3. The molecule has 1 aromatic heterocycles. The number of hydrogen-bond acceptors (Lipinski definition) is 4. The van der Waals surface area contributed by atoms with Gasteiger partial charge in [0.05, 0.1) is 0 Å². The molecule has 1 saturated heterocycles. The van der Waals surface area contributed by atoms with E-state index in [0.29, 0.717) is 5.75 Å². The molecule has 0 aromatic carbocycles. The van der Waals surface area contributed by atoms with Gasteiger partial charge in [-0.3, -0.25) is 0 Å². The quantitative estimate of drug-likeness (QED) is 0.750. The van der Waals surface area contributed by atoms with Crippen LogP contribution >= 0.6 is 0 Å². The summed E-state index contributed by atoms with van der Waals surface area (Å²) in [6.45, 7) is 1.95. The van der Waals surface area contributed by atoms with E-state index in [-0.39, 0.29) is 0 Å². The van der Waals surface area contributed by atoms with Crippen LogP contribution in [0.3, 0.4) is 0 Å². The molecule has 0 spiro atoms. The summed E-state index contributed by atoms with van der Waals surface area (Å²) in [5.41, 5.74) is 0. The normalized spacial score (nSPS) is 15.3. The van der Waals surface area contributed by atoms with E-state index < -0.39 is 6.16 Å². The number of anilines is 1. The van der Waals surface area contributed by atoms with E-state index in [9.17, 15) is 4.79 Å². The highest BCUT2D eigenvalue weighted by Gasteiger charge is 2.14. The average Bonchev–Trinajstić information content (AvgIpc) is 2.69. The van der Waals surface area contributed by atoms with Gasteiger partial charge >= 0.3 is 6.16 Å². The van der Waals surface area contributed by atoms with Crippen LogP contribution in [0.15, 0.2) is 18.3 Å².